The minimum Gasteiger partial charge on any atom is -0.380 e. The van der Waals surface area contributed by atoms with Crippen molar-refractivity contribution in [3.05, 3.63) is 63.3 Å². The fourth-order valence-electron chi connectivity index (χ4n) is 3.15. The van der Waals surface area contributed by atoms with Crippen molar-refractivity contribution in [1.82, 2.24) is 0 Å². The normalized spacial score (nSPS) is 27.8. The molecule has 1 aromatic rings. The van der Waals surface area contributed by atoms with Crippen LogP contribution in [-0.4, -0.2) is 23.6 Å². The Balaban J connectivity index is 2.73. The third-order valence-electron chi connectivity index (χ3n) is 4.94. The van der Waals surface area contributed by atoms with Crippen molar-refractivity contribution in [2.24, 2.45) is 0 Å². The molecule has 2 rings (SSSR count). The summed E-state index contributed by atoms with van der Waals surface area (Å²) in [6, 6.07) is 7.40. The average molecular weight is 377 g/mol. The van der Waals surface area contributed by atoms with Gasteiger partial charge >= 0.3 is 0 Å². The number of halogens is 1. The number of ether oxygens (including phenoxy) is 1. The van der Waals surface area contributed by atoms with Crippen LogP contribution < -0.4 is 0 Å². The highest BCUT2D eigenvalue weighted by atomic mass is 79.9. The molecule has 23 heavy (non-hydrogen) atoms. The Kier molecular flexibility index (Phi) is 4.84. The third-order valence-corrected chi connectivity index (χ3v) is 5.47. The van der Waals surface area contributed by atoms with Crippen LogP contribution in [0.4, 0.5) is 0 Å². The Labute approximate surface area is 145 Å². The molecule has 0 bridgehead atoms. The zero-order valence-electron chi connectivity index (χ0n) is 13.9. The summed E-state index contributed by atoms with van der Waals surface area (Å²) in [5.41, 5.74) is 2.68. The van der Waals surface area contributed by atoms with Gasteiger partial charge in [0.05, 0.1) is 0 Å². The molecule has 122 valence electrons. The molecule has 0 fully saturated rings. The fraction of sp³-hybridized carbons (Fsp3) is 0.368. The Morgan fingerprint density at radius 1 is 1.35 bits per heavy atom. The van der Waals surface area contributed by atoms with Crippen LogP contribution in [0.1, 0.15) is 32.8 Å². The SMILES string of the molecule is C=C=C(C)[C@@]1(O)C[C@@](OC)(c2ccc(Br)cc2)C(=O)C(C)=C1C. The van der Waals surface area contributed by atoms with Gasteiger partial charge in [0.2, 0.25) is 0 Å². The lowest BCUT2D eigenvalue weighted by molar-refractivity contribution is -0.147. The molecule has 0 spiro atoms. The second kappa shape index (κ2) is 6.21. The Morgan fingerprint density at radius 2 is 1.91 bits per heavy atom. The summed E-state index contributed by atoms with van der Waals surface area (Å²) in [5, 5.41) is 11.2. The molecule has 1 aliphatic rings. The van der Waals surface area contributed by atoms with E-state index in [1.165, 1.54) is 7.11 Å². The van der Waals surface area contributed by atoms with Gasteiger partial charge in [0, 0.05) is 23.6 Å². The van der Waals surface area contributed by atoms with Gasteiger partial charge in [0.25, 0.3) is 0 Å². The maximum atomic E-state index is 13.0. The zero-order valence-corrected chi connectivity index (χ0v) is 15.5. The molecule has 0 saturated carbocycles. The molecule has 4 heteroatoms. The van der Waals surface area contributed by atoms with E-state index in [4.69, 9.17) is 4.74 Å². The van der Waals surface area contributed by atoms with E-state index in [9.17, 15) is 9.90 Å². The quantitative estimate of drug-likeness (QED) is 0.808. The number of hydrogen-bond donors (Lipinski definition) is 1. The predicted octanol–water partition coefficient (Wildman–Crippen LogP) is 4.06. The highest BCUT2D eigenvalue weighted by Gasteiger charge is 2.53. The number of hydrogen-bond acceptors (Lipinski definition) is 3. The van der Waals surface area contributed by atoms with Crippen molar-refractivity contribution < 1.29 is 14.6 Å². The maximum absolute atomic E-state index is 13.0. The van der Waals surface area contributed by atoms with Crippen LogP contribution in [0.15, 0.2) is 57.8 Å². The minimum atomic E-state index is -1.30. The van der Waals surface area contributed by atoms with Crippen molar-refractivity contribution in [2.75, 3.05) is 7.11 Å². The second-order valence-electron chi connectivity index (χ2n) is 5.96. The molecule has 0 radical (unpaired) electrons. The molecule has 0 saturated heterocycles. The number of methoxy groups -OCH3 is 1. The van der Waals surface area contributed by atoms with E-state index in [1.807, 2.05) is 24.3 Å². The summed E-state index contributed by atoms with van der Waals surface area (Å²) in [5.74, 6) is -0.124. The van der Waals surface area contributed by atoms with Crippen LogP contribution >= 0.6 is 15.9 Å². The van der Waals surface area contributed by atoms with Gasteiger partial charge in [0.1, 0.15) is 5.60 Å². The van der Waals surface area contributed by atoms with Crippen LogP contribution in [0.2, 0.25) is 0 Å². The third kappa shape index (κ3) is 2.66. The van der Waals surface area contributed by atoms with Gasteiger partial charge in [-0.05, 0) is 49.6 Å². The van der Waals surface area contributed by atoms with Gasteiger partial charge in [-0.2, -0.15) is 0 Å². The molecular formula is C19H21BrO3. The number of carbonyl (C=O) groups excluding carboxylic acids is 1. The molecule has 0 aromatic heterocycles. The first-order chi connectivity index (χ1) is 10.7. The van der Waals surface area contributed by atoms with E-state index in [2.05, 4.69) is 28.2 Å². The maximum Gasteiger partial charge on any atom is 0.195 e. The van der Waals surface area contributed by atoms with E-state index in [-0.39, 0.29) is 12.2 Å². The predicted molar refractivity (Wildman–Crippen MR) is 94.1 cm³/mol. The smallest absolute Gasteiger partial charge is 0.195 e. The Hall–Kier alpha value is -1.45. The van der Waals surface area contributed by atoms with Crippen molar-refractivity contribution in [3.63, 3.8) is 0 Å². The summed E-state index contributed by atoms with van der Waals surface area (Å²) in [4.78, 5) is 13.0. The molecule has 0 heterocycles. The van der Waals surface area contributed by atoms with Crippen LogP contribution in [0.5, 0.6) is 0 Å². The van der Waals surface area contributed by atoms with Gasteiger partial charge in [-0.15, -0.1) is 5.73 Å². The molecule has 2 atom stereocenters. The van der Waals surface area contributed by atoms with Crippen molar-refractivity contribution >= 4 is 21.7 Å². The van der Waals surface area contributed by atoms with Crippen molar-refractivity contribution in [2.45, 2.75) is 38.4 Å². The van der Waals surface area contributed by atoms with Gasteiger partial charge in [-0.3, -0.25) is 4.79 Å². The van der Waals surface area contributed by atoms with Gasteiger partial charge in [0.15, 0.2) is 11.4 Å². The average Bonchev–Trinajstić information content (AvgIpc) is 2.56. The molecule has 1 aliphatic carbocycles. The molecule has 0 aliphatic heterocycles. The first-order valence-electron chi connectivity index (χ1n) is 7.36. The number of Topliss-reactive ketones (excluding diaryl/α,β-unsaturated/α-hetero) is 1. The molecule has 0 amide bonds. The number of benzene rings is 1. The molecular weight excluding hydrogens is 356 g/mol. The Morgan fingerprint density at radius 3 is 2.39 bits per heavy atom. The van der Waals surface area contributed by atoms with Crippen molar-refractivity contribution in [1.29, 1.82) is 0 Å². The van der Waals surface area contributed by atoms with Gasteiger partial charge in [-0.25, -0.2) is 0 Å². The number of carbonyl (C=O) groups is 1. The summed E-state index contributed by atoms with van der Waals surface area (Å²) in [6.07, 6.45) is 0.106. The first kappa shape index (κ1) is 17.9. The van der Waals surface area contributed by atoms with E-state index >= 15 is 0 Å². The van der Waals surface area contributed by atoms with E-state index < -0.39 is 11.2 Å². The van der Waals surface area contributed by atoms with E-state index in [1.54, 1.807) is 20.8 Å². The topological polar surface area (TPSA) is 46.5 Å². The molecule has 1 aromatic carbocycles. The summed E-state index contributed by atoms with van der Waals surface area (Å²) in [6.45, 7) is 8.91. The second-order valence-corrected chi connectivity index (χ2v) is 6.87. The van der Waals surface area contributed by atoms with Crippen LogP contribution in [0.3, 0.4) is 0 Å². The standard InChI is InChI=1S/C19H21BrO3/c1-6-12(2)18(22)11-19(23-5,17(21)13(3)14(18)4)15-7-9-16(20)10-8-15/h7-10,22H,1,11H2,2-5H3/t18-,19+/m0/s1. The fourth-order valence-corrected chi connectivity index (χ4v) is 3.42. The zero-order chi connectivity index (χ0) is 17.4. The number of aliphatic hydroxyl groups is 1. The van der Waals surface area contributed by atoms with E-state index in [0.717, 1.165) is 10.0 Å². The largest absolute Gasteiger partial charge is 0.380 e. The van der Waals surface area contributed by atoms with Crippen LogP contribution in [-0.2, 0) is 15.1 Å². The molecule has 3 nitrogen and oxygen atoms in total. The van der Waals surface area contributed by atoms with Crippen molar-refractivity contribution in [3.8, 4) is 0 Å². The summed E-state index contributed by atoms with van der Waals surface area (Å²) in [7, 11) is 1.50. The highest BCUT2D eigenvalue weighted by Crippen LogP contribution is 2.47. The van der Waals surface area contributed by atoms with Crippen LogP contribution in [0, 0.1) is 0 Å². The van der Waals surface area contributed by atoms with Gasteiger partial charge in [-0.1, -0.05) is 34.6 Å². The summed E-state index contributed by atoms with van der Waals surface area (Å²) >= 11 is 3.40. The lowest BCUT2D eigenvalue weighted by Crippen LogP contribution is -2.52. The van der Waals surface area contributed by atoms with Gasteiger partial charge < -0.3 is 9.84 Å². The first-order valence-corrected chi connectivity index (χ1v) is 8.15. The number of ketones is 1. The van der Waals surface area contributed by atoms with E-state index in [0.29, 0.717) is 16.7 Å². The molecule has 1 N–H and O–H groups in total. The summed E-state index contributed by atoms with van der Waals surface area (Å²) < 4.78 is 6.62. The highest BCUT2D eigenvalue weighted by molar-refractivity contribution is 9.10. The minimum absolute atomic E-state index is 0.106. The lowest BCUT2D eigenvalue weighted by Gasteiger charge is -2.44. The monoisotopic (exact) mass is 376 g/mol. The van der Waals surface area contributed by atoms with Crippen LogP contribution in [0.25, 0.3) is 0 Å². The Bertz CT molecular complexity index is 725. The lowest BCUT2D eigenvalue weighted by atomic mass is 9.66. The molecule has 0 unspecified atom stereocenters. The number of rotatable bonds is 3.